The number of rotatable bonds is 5. The lowest BCUT2D eigenvalue weighted by molar-refractivity contribution is 0.417. The first-order valence-electron chi connectivity index (χ1n) is 6.03. The Morgan fingerprint density at radius 1 is 0.909 bits per heavy atom. The monoisotopic (exact) mass is 342 g/mol. The molecule has 0 fully saturated rings. The number of para-hydroxylation sites is 2. The molecule has 0 saturated carbocycles. The standard InChI is InChI=1S/C13H14N2O5S2/c1-20-13-5-3-2-4-12(13)15-22(18,19)11-8-6-10(7-9-11)21(14,16)17/h2-9,15H,1H3,(H2,14,16,17). The number of benzene rings is 2. The molecule has 0 radical (unpaired) electrons. The van der Waals surface area contributed by atoms with Gasteiger partial charge >= 0.3 is 0 Å². The van der Waals surface area contributed by atoms with Gasteiger partial charge in [-0.2, -0.15) is 0 Å². The molecule has 0 aliphatic rings. The van der Waals surface area contributed by atoms with E-state index in [2.05, 4.69) is 4.72 Å². The molecule has 0 atom stereocenters. The lowest BCUT2D eigenvalue weighted by atomic mass is 10.3. The molecule has 0 unspecified atom stereocenters. The van der Waals surface area contributed by atoms with Crippen molar-refractivity contribution < 1.29 is 21.6 Å². The molecule has 2 aromatic rings. The zero-order chi connectivity index (χ0) is 16.4. The van der Waals surface area contributed by atoms with Crippen molar-refractivity contribution in [1.29, 1.82) is 0 Å². The van der Waals surface area contributed by atoms with Gasteiger partial charge in [-0.25, -0.2) is 22.0 Å². The number of primary sulfonamides is 1. The highest BCUT2D eigenvalue weighted by atomic mass is 32.2. The summed E-state index contributed by atoms with van der Waals surface area (Å²) in [5, 5.41) is 4.97. The maximum Gasteiger partial charge on any atom is 0.262 e. The lowest BCUT2D eigenvalue weighted by Gasteiger charge is -2.11. The first-order valence-corrected chi connectivity index (χ1v) is 9.06. The van der Waals surface area contributed by atoms with E-state index in [1.165, 1.54) is 7.11 Å². The van der Waals surface area contributed by atoms with E-state index in [9.17, 15) is 16.8 Å². The van der Waals surface area contributed by atoms with E-state index in [1.54, 1.807) is 24.3 Å². The van der Waals surface area contributed by atoms with Gasteiger partial charge in [0.2, 0.25) is 10.0 Å². The average Bonchev–Trinajstić information content (AvgIpc) is 2.47. The van der Waals surface area contributed by atoms with E-state index in [0.29, 0.717) is 5.75 Å². The van der Waals surface area contributed by atoms with Gasteiger partial charge in [-0.15, -0.1) is 0 Å². The van der Waals surface area contributed by atoms with Crippen LogP contribution in [0.15, 0.2) is 58.3 Å². The third-order valence-electron chi connectivity index (χ3n) is 2.81. The van der Waals surface area contributed by atoms with E-state index in [-0.39, 0.29) is 15.5 Å². The fourth-order valence-corrected chi connectivity index (χ4v) is 3.33. The van der Waals surface area contributed by atoms with Gasteiger partial charge in [0.05, 0.1) is 22.6 Å². The fraction of sp³-hybridized carbons (Fsp3) is 0.0769. The number of hydrogen-bond donors (Lipinski definition) is 2. The van der Waals surface area contributed by atoms with E-state index >= 15 is 0 Å². The lowest BCUT2D eigenvalue weighted by Crippen LogP contribution is -2.15. The Morgan fingerprint density at radius 2 is 1.45 bits per heavy atom. The second kappa shape index (κ2) is 5.95. The van der Waals surface area contributed by atoms with Crippen molar-refractivity contribution >= 4 is 25.7 Å². The maximum absolute atomic E-state index is 12.3. The summed E-state index contributed by atoms with van der Waals surface area (Å²) in [5.41, 5.74) is 0.278. The quantitative estimate of drug-likeness (QED) is 0.845. The van der Waals surface area contributed by atoms with Crippen molar-refractivity contribution in [2.75, 3.05) is 11.8 Å². The molecule has 0 aromatic heterocycles. The van der Waals surface area contributed by atoms with Crippen molar-refractivity contribution in [1.82, 2.24) is 0 Å². The van der Waals surface area contributed by atoms with Crippen LogP contribution < -0.4 is 14.6 Å². The minimum Gasteiger partial charge on any atom is -0.495 e. The zero-order valence-corrected chi connectivity index (χ0v) is 13.2. The molecule has 2 aromatic carbocycles. The van der Waals surface area contributed by atoms with Crippen LogP contribution in [0.5, 0.6) is 5.75 Å². The fourth-order valence-electron chi connectivity index (χ4n) is 1.74. The van der Waals surface area contributed by atoms with Crippen molar-refractivity contribution in [3.63, 3.8) is 0 Å². The highest BCUT2D eigenvalue weighted by molar-refractivity contribution is 7.92. The number of sulfonamides is 2. The minimum atomic E-state index is -3.87. The Morgan fingerprint density at radius 3 is 2.00 bits per heavy atom. The first kappa shape index (κ1) is 16.3. The van der Waals surface area contributed by atoms with E-state index in [0.717, 1.165) is 24.3 Å². The van der Waals surface area contributed by atoms with Crippen LogP contribution in [0.1, 0.15) is 0 Å². The Balaban J connectivity index is 2.35. The van der Waals surface area contributed by atoms with Crippen molar-refractivity contribution in [2.45, 2.75) is 9.79 Å². The van der Waals surface area contributed by atoms with Gasteiger partial charge in [-0.3, -0.25) is 4.72 Å². The van der Waals surface area contributed by atoms with Crippen LogP contribution in [0.2, 0.25) is 0 Å². The zero-order valence-electron chi connectivity index (χ0n) is 11.6. The van der Waals surface area contributed by atoms with Crippen molar-refractivity contribution in [3.05, 3.63) is 48.5 Å². The summed E-state index contributed by atoms with van der Waals surface area (Å²) in [5.74, 6) is 0.368. The van der Waals surface area contributed by atoms with Crippen LogP contribution in [0.25, 0.3) is 0 Å². The number of hydrogen-bond acceptors (Lipinski definition) is 5. The molecule has 0 saturated heterocycles. The average molecular weight is 342 g/mol. The number of nitrogens with one attached hydrogen (secondary N) is 1. The SMILES string of the molecule is COc1ccccc1NS(=O)(=O)c1ccc(S(N)(=O)=O)cc1. The van der Waals surface area contributed by atoms with E-state index in [1.807, 2.05) is 0 Å². The van der Waals surface area contributed by atoms with E-state index < -0.39 is 20.0 Å². The third-order valence-corrected chi connectivity index (χ3v) is 5.12. The molecule has 118 valence electrons. The highest BCUT2D eigenvalue weighted by Gasteiger charge is 2.17. The van der Waals surface area contributed by atoms with Crippen LogP contribution in [0.4, 0.5) is 5.69 Å². The number of ether oxygens (including phenoxy) is 1. The summed E-state index contributed by atoms with van der Waals surface area (Å²) in [6.07, 6.45) is 0. The number of methoxy groups -OCH3 is 1. The van der Waals surface area contributed by atoms with Gasteiger partial charge in [-0.1, -0.05) is 12.1 Å². The van der Waals surface area contributed by atoms with Gasteiger partial charge in [0.25, 0.3) is 10.0 Å². The predicted molar refractivity (Wildman–Crippen MR) is 81.6 cm³/mol. The van der Waals surface area contributed by atoms with Crippen molar-refractivity contribution in [2.24, 2.45) is 5.14 Å². The molecular weight excluding hydrogens is 328 g/mol. The number of anilines is 1. The van der Waals surface area contributed by atoms with Crippen molar-refractivity contribution in [3.8, 4) is 5.75 Å². The number of nitrogens with two attached hydrogens (primary N) is 1. The predicted octanol–water partition coefficient (Wildman–Crippen LogP) is 1.14. The minimum absolute atomic E-state index is 0.0918. The Labute approximate surface area is 128 Å². The summed E-state index contributed by atoms with van der Waals surface area (Å²) in [7, 11) is -6.32. The van der Waals surface area contributed by atoms with Gasteiger partial charge in [0.15, 0.2) is 0 Å². The van der Waals surface area contributed by atoms with Gasteiger partial charge < -0.3 is 4.74 Å². The van der Waals surface area contributed by atoms with Crippen LogP contribution >= 0.6 is 0 Å². The molecule has 9 heteroatoms. The molecule has 2 rings (SSSR count). The van der Waals surface area contributed by atoms with Crippen LogP contribution in [-0.4, -0.2) is 23.9 Å². The van der Waals surface area contributed by atoms with E-state index in [4.69, 9.17) is 9.88 Å². The summed E-state index contributed by atoms with van der Waals surface area (Å²) < 4.78 is 54.3. The first-order chi connectivity index (χ1) is 10.2. The molecule has 0 amide bonds. The Hall–Kier alpha value is -2.10. The summed E-state index contributed by atoms with van der Waals surface area (Å²) >= 11 is 0. The van der Waals surface area contributed by atoms with Gasteiger partial charge in [0, 0.05) is 0 Å². The highest BCUT2D eigenvalue weighted by Crippen LogP contribution is 2.26. The topological polar surface area (TPSA) is 116 Å². The van der Waals surface area contributed by atoms with Crippen LogP contribution in [0.3, 0.4) is 0 Å². The molecule has 0 heterocycles. The maximum atomic E-state index is 12.3. The smallest absolute Gasteiger partial charge is 0.262 e. The van der Waals surface area contributed by atoms with Gasteiger partial charge in [-0.05, 0) is 36.4 Å². The van der Waals surface area contributed by atoms with Crippen LogP contribution in [0, 0.1) is 0 Å². The summed E-state index contributed by atoms with van der Waals surface area (Å²) in [6.45, 7) is 0. The molecular formula is C13H14N2O5S2. The Kier molecular flexibility index (Phi) is 4.40. The largest absolute Gasteiger partial charge is 0.495 e. The van der Waals surface area contributed by atoms with Crippen LogP contribution in [-0.2, 0) is 20.0 Å². The molecule has 0 aliphatic carbocycles. The molecule has 0 bridgehead atoms. The molecule has 3 N–H and O–H groups in total. The second-order valence-electron chi connectivity index (χ2n) is 4.32. The molecule has 0 aliphatic heterocycles. The summed E-state index contributed by atoms with van der Waals surface area (Å²) in [4.78, 5) is -0.255. The third kappa shape index (κ3) is 3.56. The Bertz CT molecular complexity index is 875. The second-order valence-corrected chi connectivity index (χ2v) is 7.57. The molecule has 22 heavy (non-hydrogen) atoms. The van der Waals surface area contributed by atoms with Gasteiger partial charge in [0.1, 0.15) is 5.75 Å². The summed E-state index contributed by atoms with van der Waals surface area (Å²) in [6, 6.07) is 11.1. The normalized spacial score (nSPS) is 11.9. The molecule has 7 nitrogen and oxygen atoms in total. The molecule has 0 spiro atoms.